The molecule has 4 rings (SSSR count). The van der Waals surface area contributed by atoms with E-state index in [1.807, 2.05) is 12.1 Å². The molecule has 1 aromatic carbocycles. The van der Waals surface area contributed by atoms with Gasteiger partial charge in [-0.15, -0.1) is 0 Å². The van der Waals surface area contributed by atoms with Gasteiger partial charge in [-0.1, -0.05) is 23.2 Å². The molecule has 3 aliphatic rings. The van der Waals surface area contributed by atoms with Crippen molar-refractivity contribution >= 4 is 34.7 Å². The summed E-state index contributed by atoms with van der Waals surface area (Å²) in [6, 6.07) is 4.57. The lowest BCUT2D eigenvalue weighted by atomic mass is 10.0. The third-order valence-corrected chi connectivity index (χ3v) is 4.92. The fourth-order valence-corrected chi connectivity index (χ4v) is 3.72. The van der Waals surface area contributed by atoms with Crippen LogP contribution in [0.3, 0.4) is 0 Å². The van der Waals surface area contributed by atoms with E-state index in [0.717, 1.165) is 12.2 Å². The van der Waals surface area contributed by atoms with E-state index in [4.69, 9.17) is 28.2 Å². The first-order valence-electron chi connectivity index (χ1n) is 6.05. The zero-order valence-electron chi connectivity index (χ0n) is 9.29. The molecule has 2 heterocycles. The van der Waals surface area contributed by atoms with Crippen molar-refractivity contribution in [2.24, 2.45) is 10.9 Å². The summed E-state index contributed by atoms with van der Waals surface area (Å²) < 4.78 is 0. The van der Waals surface area contributed by atoms with Gasteiger partial charge in [0.1, 0.15) is 5.84 Å². The SMILES string of the molecule is Clc1cc2c(cc1Cl)N=C1C3CCC(C3)N1C2. The third kappa shape index (κ3) is 1.37. The number of piperidine rings is 1. The van der Waals surface area contributed by atoms with Crippen LogP contribution in [0.25, 0.3) is 0 Å². The molecule has 2 aliphatic heterocycles. The third-order valence-electron chi connectivity index (χ3n) is 4.20. The molecule has 2 unspecified atom stereocenters. The van der Waals surface area contributed by atoms with Crippen LogP contribution in [0.15, 0.2) is 17.1 Å². The number of amidine groups is 1. The molecule has 2 bridgehead atoms. The van der Waals surface area contributed by atoms with Gasteiger partial charge in [0.15, 0.2) is 0 Å². The van der Waals surface area contributed by atoms with Gasteiger partial charge in [0.05, 0.1) is 15.7 Å². The van der Waals surface area contributed by atoms with Crippen molar-refractivity contribution in [3.8, 4) is 0 Å². The Hall–Kier alpha value is -0.730. The molecule has 1 aromatic rings. The van der Waals surface area contributed by atoms with E-state index in [2.05, 4.69) is 4.90 Å². The fraction of sp³-hybridized carbons (Fsp3) is 0.462. The van der Waals surface area contributed by atoms with E-state index in [9.17, 15) is 0 Å². The summed E-state index contributed by atoms with van der Waals surface area (Å²) in [6.45, 7) is 0.951. The van der Waals surface area contributed by atoms with Gasteiger partial charge >= 0.3 is 0 Å². The summed E-state index contributed by atoms with van der Waals surface area (Å²) in [5.41, 5.74) is 2.22. The first kappa shape index (κ1) is 10.2. The predicted octanol–water partition coefficient (Wildman–Crippen LogP) is 4.02. The molecule has 0 radical (unpaired) electrons. The lowest BCUT2D eigenvalue weighted by Gasteiger charge is -2.34. The highest BCUT2D eigenvalue weighted by molar-refractivity contribution is 6.42. The normalized spacial score (nSPS) is 29.1. The van der Waals surface area contributed by atoms with Gasteiger partial charge < -0.3 is 4.90 Å². The molecule has 0 N–H and O–H groups in total. The van der Waals surface area contributed by atoms with Crippen LogP contribution in [0.5, 0.6) is 0 Å². The Morgan fingerprint density at radius 2 is 2.00 bits per heavy atom. The first-order chi connectivity index (χ1) is 8.22. The van der Waals surface area contributed by atoms with Crippen molar-refractivity contribution in [3.05, 3.63) is 27.7 Å². The first-order valence-corrected chi connectivity index (χ1v) is 6.81. The number of aliphatic imine (C=N–C) groups is 1. The molecule has 1 saturated heterocycles. The zero-order chi connectivity index (χ0) is 11.6. The molecular weight excluding hydrogens is 255 g/mol. The summed E-state index contributed by atoms with van der Waals surface area (Å²) in [4.78, 5) is 7.25. The topological polar surface area (TPSA) is 15.6 Å². The standard InChI is InChI=1S/C13H12Cl2N2/c14-10-4-8-6-17-9-2-1-7(3-9)13(17)16-12(8)5-11(10)15/h4-5,7,9H,1-3,6H2. The average molecular weight is 267 g/mol. The zero-order valence-corrected chi connectivity index (χ0v) is 10.8. The molecule has 1 saturated carbocycles. The highest BCUT2D eigenvalue weighted by Gasteiger charge is 2.44. The van der Waals surface area contributed by atoms with Crippen LogP contribution in [0.4, 0.5) is 5.69 Å². The molecular formula is C13H12Cl2N2. The maximum Gasteiger partial charge on any atom is 0.109 e. The van der Waals surface area contributed by atoms with E-state index in [-0.39, 0.29) is 0 Å². The highest BCUT2D eigenvalue weighted by atomic mass is 35.5. The molecule has 0 aromatic heterocycles. The van der Waals surface area contributed by atoms with Gasteiger partial charge in [-0.05, 0) is 37.0 Å². The lowest BCUT2D eigenvalue weighted by Crippen LogP contribution is -2.38. The summed E-state index contributed by atoms with van der Waals surface area (Å²) in [5.74, 6) is 1.97. The number of rotatable bonds is 0. The molecule has 2 fully saturated rings. The lowest BCUT2D eigenvalue weighted by molar-refractivity contribution is 0.317. The second-order valence-electron chi connectivity index (χ2n) is 5.16. The number of hydrogen-bond donors (Lipinski definition) is 0. The Morgan fingerprint density at radius 3 is 2.88 bits per heavy atom. The van der Waals surface area contributed by atoms with Crippen molar-refractivity contribution < 1.29 is 0 Å². The second-order valence-corrected chi connectivity index (χ2v) is 5.97. The number of halogens is 2. The van der Waals surface area contributed by atoms with Gasteiger partial charge in [0, 0.05) is 18.5 Å². The minimum absolute atomic E-state index is 0.603. The van der Waals surface area contributed by atoms with Crippen LogP contribution in [0.2, 0.25) is 10.0 Å². The Balaban J connectivity index is 1.85. The number of fused-ring (bicyclic) bond motifs is 6. The number of hydrogen-bond acceptors (Lipinski definition) is 2. The minimum atomic E-state index is 0.603. The smallest absolute Gasteiger partial charge is 0.109 e. The largest absolute Gasteiger partial charge is 0.352 e. The minimum Gasteiger partial charge on any atom is -0.352 e. The van der Waals surface area contributed by atoms with Gasteiger partial charge in [0.2, 0.25) is 0 Å². The van der Waals surface area contributed by atoms with Crippen molar-refractivity contribution in [2.45, 2.75) is 31.8 Å². The van der Waals surface area contributed by atoms with Gasteiger partial charge in [-0.25, -0.2) is 4.99 Å². The number of benzene rings is 1. The summed E-state index contributed by atoms with van der Waals surface area (Å²) in [7, 11) is 0. The Labute approximate surface area is 110 Å². The van der Waals surface area contributed by atoms with Crippen molar-refractivity contribution in [2.75, 3.05) is 0 Å². The maximum absolute atomic E-state index is 6.07. The van der Waals surface area contributed by atoms with Crippen molar-refractivity contribution in [1.29, 1.82) is 0 Å². The Bertz CT molecular complexity index is 538. The number of nitrogens with zero attached hydrogens (tertiary/aromatic N) is 2. The molecule has 17 heavy (non-hydrogen) atoms. The summed E-state index contributed by atoms with van der Waals surface area (Å²) in [5, 5.41) is 1.24. The maximum atomic E-state index is 6.07. The van der Waals surface area contributed by atoms with Crippen molar-refractivity contribution in [3.63, 3.8) is 0 Å². The van der Waals surface area contributed by atoms with Crippen LogP contribution in [0, 0.1) is 5.92 Å². The van der Waals surface area contributed by atoms with E-state index < -0.39 is 0 Å². The fourth-order valence-electron chi connectivity index (χ4n) is 3.38. The molecule has 0 amide bonds. The van der Waals surface area contributed by atoms with Crippen molar-refractivity contribution in [1.82, 2.24) is 4.90 Å². The summed E-state index contributed by atoms with van der Waals surface area (Å²) >= 11 is 12.1. The van der Waals surface area contributed by atoms with E-state index >= 15 is 0 Å². The quantitative estimate of drug-likeness (QED) is 0.693. The Morgan fingerprint density at radius 1 is 1.18 bits per heavy atom. The van der Waals surface area contributed by atoms with Crippen LogP contribution in [0.1, 0.15) is 24.8 Å². The highest BCUT2D eigenvalue weighted by Crippen LogP contribution is 2.45. The van der Waals surface area contributed by atoms with Crippen LogP contribution in [-0.2, 0) is 6.54 Å². The molecule has 1 aliphatic carbocycles. The Kier molecular flexibility index (Phi) is 2.04. The summed E-state index contributed by atoms with van der Waals surface area (Å²) in [6.07, 6.45) is 3.91. The molecule has 4 heteroatoms. The van der Waals surface area contributed by atoms with E-state index in [1.165, 1.54) is 30.7 Å². The molecule has 2 nitrogen and oxygen atoms in total. The second kappa shape index (κ2) is 3.39. The van der Waals surface area contributed by atoms with Crippen LogP contribution >= 0.6 is 23.2 Å². The monoisotopic (exact) mass is 266 g/mol. The van der Waals surface area contributed by atoms with Crippen LogP contribution in [-0.4, -0.2) is 16.8 Å². The van der Waals surface area contributed by atoms with Crippen LogP contribution < -0.4 is 0 Å². The molecule has 2 atom stereocenters. The average Bonchev–Trinajstić information content (AvgIpc) is 2.89. The van der Waals surface area contributed by atoms with E-state index in [0.29, 0.717) is 22.0 Å². The molecule has 0 spiro atoms. The van der Waals surface area contributed by atoms with E-state index in [1.54, 1.807) is 0 Å². The van der Waals surface area contributed by atoms with Gasteiger partial charge in [-0.3, -0.25) is 0 Å². The van der Waals surface area contributed by atoms with Gasteiger partial charge in [0.25, 0.3) is 0 Å². The van der Waals surface area contributed by atoms with Gasteiger partial charge in [-0.2, -0.15) is 0 Å². The molecule has 88 valence electrons. The predicted molar refractivity (Wildman–Crippen MR) is 70.2 cm³/mol.